The van der Waals surface area contributed by atoms with E-state index in [1.165, 1.54) is 4.31 Å². The van der Waals surface area contributed by atoms with Crippen molar-refractivity contribution in [1.82, 2.24) is 9.62 Å². The Hall–Kier alpha value is -3.23. The van der Waals surface area contributed by atoms with Crippen molar-refractivity contribution in [3.05, 3.63) is 72.8 Å². The van der Waals surface area contributed by atoms with E-state index < -0.39 is 15.9 Å². The molecule has 1 unspecified atom stereocenters. The number of nitrogens with zero attached hydrogens (tertiary/aromatic N) is 1. The number of amides is 2. The minimum absolute atomic E-state index is 0.105. The minimum atomic E-state index is -3.65. The van der Waals surface area contributed by atoms with Crippen LogP contribution in [-0.2, 0) is 19.6 Å². The summed E-state index contributed by atoms with van der Waals surface area (Å²) in [5.74, 6) is -1.14. The van der Waals surface area contributed by atoms with Crippen LogP contribution in [0.1, 0.15) is 12.8 Å². The molecule has 7 nitrogen and oxygen atoms in total. The van der Waals surface area contributed by atoms with E-state index in [-0.39, 0.29) is 29.8 Å². The number of carbonyl (C=O) groups excluding carboxylic acids is 2. The van der Waals surface area contributed by atoms with Crippen molar-refractivity contribution in [3.8, 4) is 0 Å². The molecule has 1 heterocycles. The summed E-state index contributed by atoms with van der Waals surface area (Å²) in [5.41, 5.74) is 0.681. The molecule has 2 N–H and O–H groups in total. The lowest BCUT2D eigenvalue weighted by Crippen LogP contribution is -2.46. The van der Waals surface area contributed by atoms with Gasteiger partial charge < -0.3 is 10.6 Å². The first-order valence-corrected chi connectivity index (χ1v) is 12.0. The normalized spacial score (nSPS) is 17.1. The molecule has 0 radical (unpaired) electrons. The van der Waals surface area contributed by atoms with E-state index in [1.807, 2.05) is 42.5 Å². The molecule has 8 heteroatoms. The number of nitrogens with one attached hydrogen (secondary N) is 2. The monoisotopic (exact) mass is 451 g/mol. The molecule has 166 valence electrons. The van der Waals surface area contributed by atoms with E-state index in [0.29, 0.717) is 25.1 Å². The first-order valence-electron chi connectivity index (χ1n) is 10.6. The molecular weight excluding hydrogens is 426 g/mol. The van der Waals surface area contributed by atoms with Gasteiger partial charge in [-0.05, 0) is 36.4 Å². The molecule has 0 aliphatic carbocycles. The molecule has 1 atom stereocenters. The molecule has 0 saturated carbocycles. The predicted octanol–water partition coefficient (Wildman–Crippen LogP) is 3.00. The summed E-state index contributed by atoms with van der Waals surface area (Å²) in [6.45, 7) is 0.306. The number of benzene rings is 3. The highest BCUT2D eigenvalue weighted by atomic mass is 32.2. The van der Waals surface area contributed by atoms with Gasteiger partial charge in [0.05, 0.1) is 17.4 Å². The van der Waals surface area contributed by atoms with Crippen molar-refractivity contribution in [3.63, 3.8) is 0 Å². The highest BCUT2D eigenvalue weighted by molar-refractivity contribution is 7.89. The summed E-state index contributed by atoms with van der Waals surface area (Å²) < 4.78 is 27.1. The number of rotatable bonds is 6. The fourth-order valence-corrected chi connectivity index (χ4v) is 5.50. The number of sulfonamides is 1. The van der Waals surface area contributed by atoms with Gasteiger partial charge in [-0.1, -0.05) is 54.6 Å². The predicted molar refractivity (Wildman–Crippen MR) is 124 cm³/mol. The zero-order valence-electron chi connectivity index (χ0n) is 17.5. The van der Waals surface area contributed by atoms with Crippen LogP contribution in [0.5, 0.6) is 0 Å². The molecule has 32 heavy (non-hydrogen) atoms. The summed E-state index contributed by atoms with van der Waals surface area (Å²) in [6, 6.07) is 21.6. The molecule has 1 fully saturated rings. The Bertz CT molecular complexity index is 1220. The summed E-state index contributed by atoms with van der Waals surface area (Å²) in [7, 11) is -3.65. The fraction of sp³-hybridized carbons (Fsp3) is 0.250. The first kappa shape index (κ1) is 22.0. The molecule has 2 amide bonds. The number of hydrogen-bond donors (Lipinski definition) is 2. The number of piperidine rings is 1. The van der Waals surface area contributed by atoms with Crippen molar-refractivity contribution in [2.24, 2.45) is 5.92 Å². The average Bonchev–Trinajstić information content (AvgIpc) is 2.83. The Morgan fingerprint density at radius 3 is 2.47 bits per heavy atom. The van der Waals surface area contributed by atoms with E-state index in [4.69, 9.17) is 0 Å². The summed E-state index contributed by atoms with van der Waals surface area (Å²) >= 11 is 0. The average molecular weight is 452 g/mol. The zero-order chi connectivity index (χ0) is 22.6. The quantitative estimate of drug-likeness (QED) is 0.602. The molecule has 3 aromatic carbocycles. The largest absolute Gasteiger partial charge is 0.347 e. The second-order valence-corrected chi connectivity index (χ2v) is 9.75. The smallest absolute Gasteiger partial charge is 0.243 e. The molecule has 1 saturated heterocycles. The minimum Gasteiger partial charge on any atom is -0.347 e. The van der Waals surface area contributed by atoms with Crippen LogP contribution in [0.4, 0.5) is 5.69 Å². The maximum Gasteiger partial charge on any atom is 0.243 e. The number of anilines is 1. The van der Waals surface area contributed by atoms with E-state index in [0.717, 1.165) is 10.8 Å². The lowest BCUT2D eigenvalue weighted by molar-refractivity contribution is -0.128. The van der Waals surface area contributed by atoms with Gasteiger partial charge in [-0.25, -0.2) is 8.42 Å². The standard InChI is InChI=1S/C24H25N3O4S/c28-23(26-22-14-6-9-18-8-4-5-13-21(18)22)16-25-24(29)19-10-7-15-27(17-19)32(30,31)20-11-2-1-3-12-20/h1-6,8-9,11-14,19H,7,10,15-17H2,(H,25,29)(H,26,28). The lowest BCUT2D eigenvalue weighted by atomic mass is 9.99. The van der Waals surface area contributed by atoms with E-state index in [2.05, 4.69) is 10.6 Å². The second-order valence-electron chi connectivity index (χ2n) is 7.81. The van der Waals surface area contributed by atoms with Gasteiger partial charge >= 0.3 is 0 Å². The van der Waals surface area contributed by atoms with Crippen molar-refractivity contribution < 1.29 is 18.0 Å². The van der Waals surface area contributed by atoms with Gasteiger partial charge in [-0.15, -0.1) is 0 Å². The topological polar surface area (TPSA) is 95.6 Å². The van der Waals surface area contributed by atoms with Crippen LogP contribution in [-0.4, -0.2) is 44.2 Å². The van der Waals surface area contributed by atoms with Crippen LogP contribution >= 0.6 is 0 Å². The summed E-state index contributed by atoms with van der Waals surface area (Å²) in [4.78, 5) is 25.3. The third-order valence-electron chi connectivity index (χ3n) is 5.62. The number of carbonyl (C=O) groups is 2. The van der Waals surface area contributed by atoms with Crippen LogP contribution in [0.3, 0.4) is 0 Å². The van der Waals surface area contributed by atoms with Gasteiger partial charge in [0, 0.05) is 24.2 Å². The van der Waals surface area contributed by atoms with Crippen molar-refractivity contribution in [2.45, 2.75) is 17.7 Å². The first-order chi connectivity index (χ1) is 15.4. The molecular formula is C24H25N3O4S. The summed E-state index contributed by atoms with van der Waals surface area (Å²) in [5, 5.41) is 7.43. The maximum absolute atomic E-state index is 12.9. The third kappa shape index (κ3) is 4.81. The Labute approximate surface area is 187 Å². The molecule has 1 aliphatic heterocycles. The van der Waals surface area contributed by atoms with Crippen LogP contribution in [0.15, 0.2) is 77.7 Å². The molecule has 0 aromatic heterocycles. The van der Waals surface area contributed by atoms with Crippen LogP contribution in [0, 0.1) is 5.92 Å². The third-order valence-corrected chi connectivity index (χ3v) is 7.50. The Morgan fingerprint density at radius 2 is 1.66 bits per heavy atom. The van der Waals surface area contributed by atoms with Crippen molar-refractivity contribution in [1.29, 1.82) is 0 Å². The zero-order valence-corrected chi connectivity index (χ0v) is 18.3. The van der Waals surface area contributed by atoms with Crippen molar-refractivity contribution in [2.75, 3.05) is 25.0 Å². The van der Waals surface area contributed by atoms with Gasteiger partial charge in [-0.2, -0.15) is 4.31 Å². The number of fused-ring (bicyclic) bond motifs is 1. The van der Waals surface area contributed by atoms with Gasteiger partial charge in [0.1, 0.15) is 0 Å². The highest BCUT2D eigenvalue weighted by Gasteiger charge is 2.33. The van der Waals surface area contributed by atoms with E-state index in [9.17, 15) is 18.0 Å². The Balaban J connectivity index is 1.35. The molecule has 0 spiro atoms. The Kier molecular flexibility index (Phi) is 6.53. The molecule has 3 aromatic rings. The Morgan fingerprint density at radius 1 is 0.938 bits per heavy atom. The van der Waals surface area contributed by atoms with Gasteiger partial charge in [-0.3, -0.25) is 9.59 Å². The van der Waals surface area contributed by atoms with Crippen LogP contribution < -0.4 is 10.6 Å². The van der Waals surface area contributed by atoms with Gasteiger partial charge in [0.15, 0.2) is 0 Å². The highest BCUT2D eigenvalue weighted by Crippen LogP contribution is 2.24. The molecule has 4 rings (SSSR count). The van der Waals surface area contributed by atoms with Crippen molar-refractivity contribution >= 4 is 38.3 Å². The van der Waals surface area contributed by atoms with E-state index in [1.54, 1.807) is 30.3 Å². The molecule has 0 bridgehead atoms. The van der Waals surface area contributed by atoms with Crippen LogP contribution in [0.2, 0.25) is 0 Å². The SMILES string of the molecule is O=C(CNC(=O)C1CCCN(S(=O)(=O)c2ccccc2)C1)Nc1cccc2ccccc12. The number of hydrogen-bond acceptors (Lipinski definition) is 4. The fourth-order valence-electron chi connectivity index (χ4n) is 3.96. The summed E-state index contributed by atoms with van der Waals surface area (Å²) in [6.07, 6.45) is 1.17. The molecule has 1 aliphatic rings. The maximum atomic E-state index is 12.9. The lowest BCUT2D eigenvalue weighted by Gasteiger charge is -2.31. The van der Waals surface area contributed by atoms with Gasteiger partial charge in [0.25, 0.3) is 0 Å². The second kappa shape index (κ2) is 9.50. The van der Waals surface area contributed by atoms with Crippen LogP contribution in [0.25, 0.3) is 10.8 Å². The van der Waals surface area contributed by atoms with Gasteiger partial charge in [0.2, 0.25) is 21.8 Å². The van der Waals surface area contributed by atoms with E-state index >= 15 is 0 Å².